The second-order valence-electron chi connectivity index (χ2n) is 13.5. The average molecular weight is 818 g/mol. The summed E-state index contributed by atoms with van der Waals surface area (Å²) >= 11 is 10.2. The maximum Gasteiger partial charge on any atom is 0.255 e. The molecule has 0 radical (unpaired) electrons. The minimum Gasteiger partial charge on any atom is -0.370 e. The van der Waals surface area contributed by atoms with Crippen LogP contribution in [0.5, 0.6) is 0 Å². The van der Waals surface area contributed by atoms with Crippen molar-refractivity contribution >= 4 is 51.2 Å². The lowest BCUT2D eigenvalue weighted by molar-refractivity contribution is -0.119. The van der Waals surface area contributed by atoms with E-state index < -0.39 is 35.6 Å². The molecule has 280 valence electrons. The van der Waals surface area contributed by atoms with Crippen molar-refractivity contribution in [3.05, 3.63) is 116 Å². The molecule has 2 aromatic heterocycles. The predicted molar refractivity (Wildman–Crippen MR) is 205 cm³/mol. The van der Waals surface area contributed by atoms with Crippen LogP contribution >= 0.6 is 27.5 Å². The molecule has 15 heteroatoms. The number of benzene rings is 3. The SMILES string of the molecule is NC(=O)C[C@H](NC(=O)c1cn[nH]c1CC1CCCCC1)c1ccc(-c2ccc(-c3[nH]ncc3C(=O)N[C@@H](CC(N)=O)c3ccccc3Br)c(F)c2)c(Cl)c1. The van der Waals surface area contributed by atoms with Crippen LogP contribution in [0.4, 0.5) is 4.39 Å². The predicted octanol–water partition coefficient (Wildman–Crippen LogP) is 6.84. The highest BCUT2D eigenvalue weighted by atomic mass is 79.9. The normalized spacial score (nSPS) is 14.3. The highest BCUT2D eigenvalue weighted by Gasteiger charge is 2.26. The van der Waals surface area contributed by atoms with E-state index in [1.807, 2.05) is 0 Å². The number of aromatic nitrogens is 4. The van der Waals surface area contributed by atoms with Crippen molar-refractivity contribution in [2.45, 2.75) is 63.5 Å². The first-order valence-corrected chi connectivity index (χ1v) is 18.7. The number of H-pyrrole nitrogens is 2. The van der Waals surface area contributed by atoms with Crippen LogP contribution in [0, 0.1) is 11.7 Å². The van der Waals surface area contributed by atoms with Gasteiger partial charge in [-0.1, -0.05) is 96.0 Å². The fourth-order valence-corrected chi connectivity index (χ4v) is 7.86. The van der Waals surface area contributed by atoms with Gasteiger partial charge in [-0.25, -0.2) is 4.39 Å². The molecule has 0 spiro atoms. The molecular weight excluding hydrogens is 779 g/mol. The molecular formula is C39H39BrClFN8O4. The average Bonchev–Trinajstić information content (AvgIpc) is 3.82. The fourth-order valence-electron chi connectivity index (χ4n) is 7.00. The van der Waals surface area contributed by atoms with Gasteiger partial charge in [0.2, 0.25) is 11.8 Å². The Morgan fingerprint density at radius 3 is 2.19 bits per heavy atom. The molecule has 4 amide bonds. The fraction of sp³-hybridized carbons (Fsp3) is 0.282. The number of nitrogens with one attached hydrogen (secondary N) is 4. The quantitative estimate of drug-likeness (QED) is 0.0708. The van der Waals surface area contributed by atoms with Crippen LogP contribution in [0.3, 0.4) is 0 Å². The topological polar surface area (TPSA) is 202 Å². The van der Waals surface area contributed by atoms with Gasteiger partial charge in [-0.05, 0) is 53.3 Å². The van der Waals surface area contributed by atoms with E-state index in [4.69, 9.17) is 23.1 Å². The molecule has 1 aliphatic carbocycles. The summed E-state index contributed by atoms with van der Waals surface area (Å²) in [6.07, 6.45) is 8.95. The molecule has 54 heavy (non-hydrogen) atoms. The van der Waals surface area contributed by atoms with E-state index in [-0.39, 0.29) is 40.6 Å². The number of primary amides is 2. The summed E-state index contributed by atoms with van der Waals surface area (Å²) < 4.78 is 16.5. The number of aromatic amines is 2. The van der Waals surface area contributed by atoms with Gasteiger partial charge in [-0.2, -0.15) is 10.2 Å². The monoisotopic (exact) mass is 816 g/mol. The van der Waals surface area contributed by atoms with Crippen LogP contribution in [-0.2, 0) is 16.0 Å². The third kappa shape index (κ3) is 9.05. The molecule has 6 rings (SSSR count). The van der Waals surface area contributed by atoms with Crippen LogP contribution in [0.2, 0.25) is 5.02 Å². The van der Waals surface area contributed by atoms with E-state index in [1.54, 1.807) is 48.5 Å². The first-order valence-electron chi connectivity index (χ1n) is 17.6. The van der Waals surface area contributed by atoms with Crippen LogP contribution in [0.1, 0.15) is 94.6 Å². The Hall–Kier alpha value is -5.34. The van der Waals surface area contributed by atoms with Crippen molar-refractivity contribution in [3.8, 4) is 22.4 Å². The lowest BCUT2D eigenvalue weighted by Gasteiger charge is -2.22. The summed E-state index contributed by atoms with van der Waals surface area (Å²) in [7, 11) is 0. The maximum absolute atomic E-state index is 15.8. The maximum atomic E-state index is 15.8. The Morgan fingerprint density at radius 1 is 0.833 bits per heavy atom. The number of amides is 4. The number of carbonyl (C=O) groups excluding carboxylic acids is 4. The first kappa shape index (κ1) is 38.4. The largest absolute Gasteiger partial charge is 0.370 e. The lowest BCUT2D eigenvalue weighted by atomic mass is 9.85. The van der Waals surface area contributed by atoms with Gasteiger partial charge < -0.3 is 22.1 Å². The number of rotatable bonds is 14. The highest BCUT2D eigenvalue weighted by molar-refractivity contribution is 9.10. The molecule has 2 heterocycles. The van der Waals surface area contributed by atoms with E-state index in [0.29, 0.717) is 38.2 Å². The number of hydrogen-bond acceptors (Lipinski definition) is 6. The summed E-state index contributed by atoms with van der Waals surface area (Å²) in [6.45, 7) is 0. The minimum atomic E-state index is -0.784. The van der Waals surface area contributed by atoms with Gasteiger partial charge in [0.1, 0.15) is 5.82 Å². The van der Waals surface area contributed by atoms with Gasteiger partial charge in [0.15, 0.2) is 0 Å². The second-order valence-corrected chi connectivity index (χ2v) is 14.7. The molecule has 8 N–H and O–H groups in total. The number of carbonyl (C=O) groups is 4. The van der Waals surface area contributed by atoms with Gasteiger partial charge in [0, 0.05) is 26.3 Å². The van der Waals surface area contributed by atoms with Gasteiger partial charge in [-0.3, -0.25) is 29.4 Å². The Morgan fingerprint density at radius 2 is 1.48 bits per heavy atom. The minimum absolute atomic E-state index is 0.0598. The molecule has 12 nitrogen and oxygen atoms in total. The zero-order chi connectivity index (χ0) is 38.4. The number of hydrogen-bond donors (Lipinski definition) is 6. The molecule has 1 fully saturated rings. The van der Waals surface area contributed by atoms with Gasteiger partial charge in [0.25, 0.3) is 11.8 Å². The summed E-state index contributed by atoms with van der Waals surface area (Å²) in [6, 6.07) is 15.0. The summed E-state index contributed by atoms with van der Waals surface area (Å²) in [4.78, 5) is 50.9. The van der Waals surface area contributed by atoms with Crippen LogP contribution in [0.15, 0.2) is 77.5 Å². The lowest BCUT2D eigenvalue weighted by Crippen LogP contribution is -2.32. The molecule has 1 aliphatic rings. The second kappa shape index (κ2) is 17.2. The first-order chi connectivity index (χ1) is 26.0. The smallest absolute Gasteiger partial charge is 0.255 e. The standard InChI is InChI=1S/C39H39BrClFN8O4/c40-29-9-5-4-8-25(29)33(18-36(44)52)48-39(54)28-20-46-50-37(28)26-13-10-22(16-31(26)42)24-12-11-23(15-30(24)41)32(17-35(43)51)47-38(53)27-19-45-49-34(27)14-21-6-2-1-3-7-21/h4-5,8-13,15-16,19-21,32-33H,1-3,6-7,14,17-18H2,(H2,43,51)(H2,44,52)(H,45,49)(H,46,50)(H,47,53)(H,48,54)/t32-,33-/m0/s1. The Balaban J connectivity index is 1.20. The Bertz CT molecular complexity index is 2180. The zero-order valence-electron chi connectivity index (χ0n) is 29.1. The Labute approximate surface area is 324 Å². The molecule has 0 bridgehead atoms. The van der Waals surface area contributed by atoms with Crippen molar-refractivity contribution in [2.24, 2.45) is 17.4 Å². The van der Waals surface area contributed by atoms with Gasteiger partial charge >= 0.3 is 0 Å². The number of nitrogens with zero attached hydrogens (tertiary/aromatic N) is 2. The van der Waals surface area contributed by atoms with E-state index >= 15 is 4.39 Å². The molecule has 3 aromatic carbocycles. The number of nitrogens with two attached hydrogens (primary N) is 2. The summed E-state index contributed by atoms with van der Waals surface area (Å²) in [5.74, 6) is -2.38. The summed E-state index contributed by atoms with van der Waals surface area (Å²) in [5, 5.41) is 19.8. The van der Waals surface area contributed by atoms with Crippen molar-refractivity contribution < 1.29 is 23.6 Å². The Kier molecular flexibility index (Phi) is 12.2. The molecule has 2 atom stereocenters. The molecule has 1 saturated carbocycles. The van der Waals surface area contributed by atoms with Crippen LogP contribution in [0.25, 0.3) is 22.4 Å². The summed E-state index contributed by atoms with van der Waals surface area (Å²) in [5.41, 5.74) is 14.6. The highest BCUT2D eigenvalue weighted by Crippen LogP contribution is 2.35. The van der Waals surface area contributed by atoms with E-state index in [0.717, 1.165) is 25.0 Å². The molecule has 5 aromatic rings. The van der Waals surface area contributed by atoms with E-state index in [1.165, 1.54) is 43.8 Å². The zero-order valence-corrected chi connectivity index (χ0v) is 31.5. The third-order valence-corrected chi connectivity index (χ3v) is 10.7. The van der Waals surface area contributed by atoms with Crippen molar-refractivity contribution in [1.82, 2.24) is 31.0 Å². The van der Waals surface area contributed by atoms with Crippen molar-refractivity contribution in [2.75, 3.05) is 0 Å². The molecule has 0 saturated heterocycles. The third-order valence-electron chi connectivity index (χ3n) is 9.71. The van der Waals surface area contributed by atoms with Crippen molar-refractivity contribution in [1.29, 1.82) is 0 Å². The number of halogens is 3. The van der Waals surface area contributed by atoms with E-state index in [2.05, 4.69) is 47.0 Å². The van der Waals surface area contributed by atoms with Crippen molar-refractivity contribution in [3.63, 3.8) is 0 Å². The molecule has 0 aliphatic heterocycles. The van der Waals surface area contributed by atoms with E-state index in [9.17, 15) is 19.2 Å². The van der Waals surface area contributed by atoms with Crippen LogP contribution < -0.4 is 22.1 Å². The van der Waals surface area contributed by atoms with Gasteiger partial charge in [-0.15, -0.1) is 0 Å². The van der Waals surface area contributed by atoms with Crippen LogP contribution in [-0.4, -0.2) is 44.0 Å². The van der Waals surface area contributed by atoms with Gasteiger partial charge in [0.05, 0.1) is 54.1 Å². The molecule has 0 unspecified atom stereocenters.